The highest BCUT2D eigenvalue weighted by molar-refractivity contribution is 6.00. The van der Waals surface area contributed by atoms with Crippen molar-refractivity contribution in [2.75, 3.05) is 25.5 Å². The van der Waals surface area contributed by atoms with Crippen molar-refractivity contribution in [2.24, 2.45) is 5.92 Å². The van der Waals surface area contributed by atoms with Crippen LogP contribution in [0.25, 0.3) is 5.69 Å². The van der Waals surface area contributed by atoms with Crippen molar-refractivity contribution in [2.45, 2.75) is 47.0 Å². The van der Waals surface area contributed by atoms with E-state index in [1.54, 1.807) is 27.8 Å². The number of aryl methyl sites for hydroxylation is 1. The number of ether oxygens (including phenoxy) is 1. The van der Waals surface area contributed by atoms with Gasteiger partial charge in [-0.15, -0.1) is 0 Å². The average Bonchev–Trinajstić information content (AvgIpc) is 3.22. The zero-order valence-electron chi connectivity index (χ0n) is 21.8. The Morgan fingerprint density at radius 3 is 2.34 bits per heavy atom. The molecule has 186 valence electrons. The summed E-state index contributed by atoms with van der Waals surface area (Å²) in [6, 6.07) is 16.9. The largest absolute Gasteiger partial charge is 0.496 e. The number of anilines is 1. The first-order valence-electron chi connectivity index (χ1n) is 11.9. The predicted octanol–water partition coefficient (Wildman–Crippen LogP) is 5.22. The summed E-state index contributed by atoms with van der Waals surface area (Å²) in [5.41, 5.74) is 3.09. The molecule has 0 aliphatic heterocycles. The number of carbonyl (C=O) groups excluding carboxylic acids is 2. The molecule has 1 N–H and O–H groups in total. The Balaban J connectivity index is 1.88. The Morgan fingerprint density at radius 1 is 1.09 bits per heavy atom. The van der Waals surface area contributed by atoms with E-state index in [1.807, 2.05) is 57.2 Å². The summed E-state index contributed by atoms with van der Waals surface area (Å²) >= 11 is 0. The van der Waals surface area contributed by atoms with Crippen LogP contribution in [-0.4, -0.2) is 46.7 Å². The normalized spacial score (nSPS) is 11.4. The van der Waals surface area contributed by atoms with Crippen molar-refractivity contribution in [3.8, 4) is 11.4 Å². The van der Waals surface area contributed by atoms with Crippen molar-refractivity contribution in [3.63, 3.8) is 0 Å². The molecule has 7 heteroatoms. The Morgan fingerprint density at radius 2 is 1.74 bits per heavy atom. The maximum absolute atomic E-state index is 13.4. The fourth-order valence-corrected chi connectivity index (χ4v) is 3.73. The molecule has 35 heavy (non-hydrogen) atoms. The van der Waals surface area contributed by atoms with E-state index in [0.29, 0.717) is 23.7 Å². The molecule has 0 unspecified atom stereocenters. The van der Waals surface area contributed by atoms with Crippen LogP contribution in [0.5, 0.6) is 5.75 Å². The highest BCUT2D eigenvalue weighted by Crippen LogP contribution is 2.27. The first-order valence-corrected chi connectivity index (χ1v) is 11.9. The third-order valence-electron chi connectivity index (χ3n) is 5.57. The van der Waals surface area contributed by atoms with Gasteiger partial charge in [0.25, 0.3) is 5.91 Å². The molecule has 3 aromatic rings. The van der Waals surface area contributed by atoms with Crippen LogP contribution < -0.4 is 10.1 Å². The number of para-hydroxylation sites is 1. The second-order valence-corrected chi connectivity index (χ2v) is 10.2. The number of carbonyl (C=O) groups is 2. The second kappa shape index (κ2) is 10.8. The van der Waals surface area contributed by atoms with Gasteiger partial charge in [0.05, 0.1) is 24.1 Å². The number of hydrogen-bond acceptors (Lipinski definition) is 4. The van der Waals surface area contributed by atoms with E-state index < -0.39 is 0 Å². The van der Waals surface area contributed by atoms with Crippen LogP contribution in [-0.2, 0) is 10.2 Å². The molecule has 1 heterocycles. The molecule has 0 saturated heterocycles. The molecule has 2 amide bonds. The minimum atomic E-state index is -0.289. The Kier molecular flexibility index (Phi) is 7.99. The van der Waals surface area contributed by atoms with E-state index in [0.717, 1.165) is 16.9 Å². The van der Waals surface area contributed by atoms with Gasteiger partial charge in [-0.1, -0.05) is 64.4 Å². The number of benzene rings is 2. The van der Waals surface area contributed by atoms with Crippen molar-refractivity contribution in [1.82, 2.24) is 14.7 Å². The lowest BCUT2D eigenvalue weighted by Gasteiger charge is -2.25. The molecule has 3 rings (SSSR count). The van der Waals surface area contributed by atoms with Gasteiger partial charge in [0, 0.05) is 18.0 Å². The van der Waals surface area contributed by atoms with E-state index in [1.165, 1.54) is 7.11 Å². The molecule has 0 radical (unpaired) electrons. The lowest BCUT2D eigenvalue weighted by Crippen LogP contribution is -2.40. The molecule has 1 aromatic heterocycles. The van der Waals surface area contributed by atoms with E-state index in [-0.39, 0.29) is 29.7 Å². The van der Waals surface area contributed by atoms with Crippen LogP contribution in [0.2, 0.25) is 0 Å². The van der Waals surface area contributed by atoms with Gasteiger partial charge >= 0.3 is 0 Å². The highest BCUT2D eigenvalue weighted by atomic mass is 16.5. The zero-order chi connectivity index (χ0) is 25.8. The van der Waals surface area contributed by atoms with Gasteiger partial charge in [-0.05, 0) is 37.1 Å². The standard InChI is InChI=1S/C28H36N4O3/c1-19(2)17-31(27(34)22-10-8-9-11-23(22)35-7)18-26(33)29-25-16-24(28(4,5)6)30-32(25)21-14-12-20(3)13-15-21/h8-16,19H,17-18H2,1-7H3,(H,29,33). The number of hydrogen-bond donors (Lipinski definition) is 1. The van der Waals surface area contributed by atoms with Gasteiger partial charge in [0.1, 0.15) is 18.1 Å². The Bertz CT molecular complexity index is 1170. The summed E-state index contributed by atoms with van der Waals surface area (Å²) in [6.45, 7) is 12.7. The lowest BCUT2D eigenvalue weighted by atomic mass is 9.92. The summed E-state index contributed by atoms with van der Waals surface area (Å²) in [6.07, 6.45) is 0. The number of nitrogens with one attached hydrogen (secondary N) is 1. The van der Waals surface area contributed by atoms with Gasteiger partial charge in [0.15, 0.2) is 0 Å². The van der Waals surface area contributed by atoms with Gasteiger partial charge in [-0.3, -0.25) is 9.59 Å². The monoisotopic (exact) mass is 476 g/mol. The van der Waals surface area contributed by atoms with Gasteiger partial charge < -0.3 is 15.0 Å². The zero-order valence-corrected chi connectivity index (χ0v) is 21.8. The van der Waals surface area contributed by atoms with E-state index in [9.17, 15) is 9.59 Å². The molecular weight excluding hydrogens is 440 g/mol. The Hall–Kier alpha value is -3.61. The van der Waals surface area contributed by atoms with Gasteiger partial charge in [-0.25, -0.2) is 4.68 Å². The van der Waals surface area contributed by atoms with Crippen molar-refractivity contribution in [1.29, 1.82) is 0 Å². The Labute approximate surface area is 208 Å². The van der Waals surface area contributed by atoms with Crippen LogP contribution in [0, 0.1) is 12.8 Å². The van der Waals surface area contributed by atoms with Crippen LogP contribution >= 0.6 is 0 Å². The third kappa shape index (κ3) is 6.50. The molecule has 2 aromatic carbocycles. The minimum absolute atomic E-state index is 0.0843. The van der Waals surface area contributed by atoms with Crippen molar-refractivity contribution < 1.29 is 14.3 Å². The second-order valence-electron chi connectivity index (χ2n) is 10.2. The molecule has 0 spiro atoms. The first-order chi connectivity index (χ1) is 16.5. The van der Waals surface area contributed by atoms with Crippen LogP contribution in [0.4, 0.5) is 5.82 Å². The number of methoxy groups -OCH3 is 1. The molecule has 0 fully saturated rings. The molecule has 0 saturated carbocycles. The summed E-state index contributed by atoms with van der Waals surface area (Å²) in [7, 11) is 1.53. The smallest absolute Gasteiger partial charge is 0.258 e. The van der Waals surface area contributed by atoms with Gasteiger partial charge in [0.2, 0.25) is 5.91 Å². The molecule has 7 nitrogen and oxygen atoms in total. The summed E-state index contributed by atoms with van der Waals surface area (Å²) < 4.78 is 7.11. The quantitative estimate of drug-likeness (QED) is 0.483. The van der Waals surface area contributed by atoms with Crippen LogP contribution in [0.15, 0.2) is 54.6 Å². The summed E-state index contributed by atoms with van der Waals surface area (Å²) in [5.74, 6) is 0.709. The number of rotatable bonds is 8. The van der Waals surface area contributed by atoms with Crippen molar-refractivity contribution >= 4 is 17.6 Å². The van der Waals surface area contributed by atoms with E-state index >= 15 is 0 Å². The van der Waals surface area contributed by atoms with Crippen LogP contribution in [0.3, 0.4) is 0 Å². The number of aromatic nitrogens is 2. The fourth-order valence-electron chi connectivity index (χ4n) is 3.73. The average molecular weight is 477 g/mol. The maximum atomic E-state index is 13.4. The first kappa shape index (κ1) is 26.0. The highest BCUT2D eigenvalue weighted by Gasteiger charge is 2.25. The van der Waals surface area contributed by atoms with Crippen molar-refractivity contribution in [3.05, 3.63) is 71.4 Å². The maximum Gasteiger partial charge on any atom is 0.258 e. The predicted molar refractivity (Wildman–Crippen MR) is 139 cm³/mol. The topological polar surface area (TPSA) is 76.5 Å². The van der Waals surface area contributed by atoms with E-state index in [2.05, 4.69) is 26.1 Å². The molecule has 0 bridgehead atoms. The number of nitrogens with zero attached hydrogens (tertiary/aromatic N) is 3. The molecular formula is C28H36N4O3. The minimum Gasteiger partial charge on any atom is -0.496 e. The fraction of sp³-hybridized carbons (Fsp3) is 0.393. The molecule has 0 aliphatic carbocycles. The van der Waals surface area contributed by atoms with E-state index in [4.69, 9.17) is 9.84 Å². The van der Waals surface area contributed by atoms with Gasteiger partial charge in [-0.2, -0.15) is 5.10 Å². The molecule has 0 atom stereocenters. The SMILES string of the molecule is COc1ccccc1C(=O)N(CC(=O)Nc1cc(C(C)(C)C)nn1-c1ccc(C)cc1)CC(C)C. The van der Waals surface area contributed by atoms with Crippen LogP contribution in [0.1, 0.15) is 56.2 Å². The summed E-state index contributed by atoms with van der Waals surface area (Å²) in [5, 5.41) is 7.76. The molecule has 0 aliphatic rings. The number of amides is 2. The third-order valence-corrected chi connectivity index (χ3v) is 5.57. The summed E-state index contributed by atoms with van der Waals surface area (Å²) in [4.78, 5) is 28.1. The lowest BCUT2D eigenvalue weighted by molar-refractivity contribution is -0.117.